The Bertz CT molecular complexity index is 1230. The van der Waals surface area contributed by atoms with Crippen molar-refractivity contribution in [2.24, 2.45) is 0 Å². The Balaban J connectivity index is 1.79. The molecular weight excluding hydrogens is 535 g/mol. The Hall–Kier alpha value is -2.49. The van der Waals surface area contributed by atoms with Crippen molar-refractivity contribution in [3.8, 4) is 11.8 Å². The monoisotopic (exact) mass is 548 g/mol. The van der Waals surface area contributed by atoms with Gasteiger partial charge in [-0.15, -0.1) is 0 Å². The number of nitrogens with zero attached hydrogens (tertiary/aromatic N) is 1. The molecule has 1 amide bonds. The maximum absolute atomic E-state index is 12.6. The van der Waals surface area contributed by atoms with Crippen molar-refractivity contribution >= 4 is 68.4 Å². The van der Waals surface area contributed by atoms with Gasteiger partial charge >= 0.3 is 0 Å². The minimum Gasteiger partial charge on any atom is -0.486 e. The van der Waals surface area contributed by atoms with E-state index in [0.29, 0.717) is 36.5 Å². The normalized spacial score (nSPS) is 11.1. The number of ether oxygens (including phenoxy) is 1. The van der Waals surface area contributed by atoms with E-state index in [1.165, 1.54) is 6.08 Å². The Morgan fingerprint density at radius 1 is 1.12 bits per heavy atom. The predicted octanol–water partition coefficient (Wildman–Crippen LogP) is 7.84. The zero-order valence-electron chi connectivity index (χ0n) is 16.8. The summed E-state index contributed by atoms with van der Waals surface area (Å²) < 4.78 is 6.40. The third-order valence-electron chi connectivity index (χ3n) is 4.48. The van der Waals surface area contributed by atoms with Crippen LogP contribution < -0.4 is 10.1 Å². The molecule has 0 aliphatic heterocycles. The fraction of sp³-hybridized carbons (Fsp3) is 0.0833. The second-order valence-corrected chi connectivity index (χ2v) is 8.88. The largest absolute Gasteiger partial charge is 0.486 e. The van der Waals surface area contributed by atoms with Crippen LogP contribution in [0.25, 0.3) is 6.08 Å². The summed E-state index contributed by atoms with van der Waals surface area (Å²) in [6, 6.07) is 17.7. The van der Waals surface area contributed by atoms with E-state index in [9.17, 15) is 10.1 Å². The molecule has 0 bridgehead atoms. The van der Waals surface area contributed by atoms with Gasteiger partial charge in [0.2, 0.25) is 0 Å². The second kappa shape index (κ2) is 10.9. The van der Waals surface area contributed by atoms with Crippen molar-refractivity contribution in [2.75, 3.05) is 5.32 Å². The molecule has 0 aliphatic carbocycles. The molecule has 162 valence electrons. The molecule has 3 rings (SSSR count). The quantitative estimate of drug-likeness (QED) is 0.251. The van der Waals surface area contributed by atoms with E-state index >= 15 is 0 Å². The van der Waals surface area contributed by atoms with Crippen LogP contribution in [0.15, 0.2) is 64.6 Å². The fourth-order valence-electron chi connectivity index (χ4n) is 2.81. The maximum Gasteiger partial charge on any atom is 0.266 e. The highest BCUT2D eigenvalue weighted by Gasteiger charge is 2.14. The minimum absolute atomic E-state index is 0.0576. The van der Waals surface area contributed by atoms with Crippen LogP contribution in [-0.4, -0.2) is 5.91 Å². The van der Waals surface area contributed by atoms with Gasteiger partial charge in [0.15, 0.2) is 5.75 Å². The van der Waals surface area contributed by atoms with Crippen molar-refractivity contribution < 1.29 is 9.53 Å². The summed E-state index contributed by atoms with van der Waals surface area (Å²) >= 11 is 21.9. The number of rotatable bonds is 6. The Labute approximate surface area is 209 Å². The van der Waals surface area contributed by atoms with Gasteiger partial charge < -0.3 is 10.1 Å². The second-order valence-electron chi connectivity index (χ2n) is 6.78. The summed E-state index contributed by atoms with van der Waals surface area (Å²) in [4.78, 5) is 12.6. The van der Waals surface area contributed by atoms with Crippen LogP contribution >= 0.6 is 50.7 Å². The fourth-order valence-corrected chi connectivity index (χ4v) is 4.26. The van der Waals surface area contributed by atoms with Crippen molar-refractivity contribution in [3.63, 3.8) is 0 Å². The van der Waals surface area contributed by atoms with Crippen LogP contribution in [-0.2, 0) is 11.4 Å². The number of carbonyl (C=O) groups is 1. The van der Waals surface area contributed by atoms with Gasteiger partial charge in [0.25, 0.3) is 5.91 Å². The van der Waals surface area contributed by atoms with Gasteiger partial charge in [0.1, 0.15) is 18.2 Å². The van der Waals surface area contributed by atoms with Crippen LogP contribution in [0, 0.1) is 18.3 Å². The number of hydrogen-bond acceptors (Lipinski definition) is 3. The Morgan fingerprint density at radius 3 is 2.53 bits per heavy atom. The van der Waals surface area contributed by atoms with E-state index in [-0.39, 0.29) is 12.2 Å². The molecule has 0 fully saturated rings. The molecule has 0 radical (unpaired) electrons. The van der Waals surface area contributed by atoms with Crippen LogP contribution in [0.1, 0.15) is 16.7 Å². The lowest BCUT2D eigenvalue weighted by molar-refractivity contribution is -0.112. The summed E-state index contributed by atoms with van der Waals surface area (Å²) in [6.07, 6.45) is 1.46. The van der Waals surface area contributed by atoms with Crippen molar-refractivity contribution in [1.82, 2.24) is 0 Å². The number of nitriles is 1. The first-order chi connectivity index (χ1) is 15.3. The van der Waals surface area contributed by atoms with E-state index in [0.717, 1.165) is 11.1 Å². The molecule has 0 saturated carbocycles. The maximum atomic E-state index is 12.6. The van der Waals surface area contributed by atoms with Crippen molar-refractivity contribution in [2.45, 2.75) is 13.5 Å². The first-order valence-electron chi connectivity index (χ1n) is 9.33. The molecule has 0 heterocycles. The molecule has 3 aromatic rings. The third kappa shape index (κ3) is 6.05. The van der Waals surface area contributed by atoms with Crippen LogP contribution in [0.4, 0.5) is 5.69 Å². The summed E-state index contributed by atoms with van der Waals surface area (Å²) in [5, 5.41) is 13.6. The average molecular weight is 551 g/mol. The lowest BCUT2D eigenvalue weighted by Crippen LogP contribution is -2.14. The summed E-state index contributed by atoms with van der Waals surface area (Å²) in [5.41, 5.74) is 2.80. The van der Waals surface area contributed by atoms with Gasteiger partial charge in [0, 0.05) is 21.3 Å². The van der Waals surface area contributed by atoms with Crippen LogP contribution in [0.2, 0.25) is 15.1 Å². The minimum atomic E-state index is -0.508. The number of para-hydroxylation sites is 1. The van der Waals surface area contributed by atoms with Crippen molar-refractivity contribution in [3.05, 3.63) is 96.4 Å². The number of benzene rings is 3. The number of nitrogens with one attached hydrogen (secondary N) is 1. The molecule has 4 nitrogen and oxygen atoms in total. The highest BCUT2D eigenvalue weighted by atomic mass is 79.9. The first-order valence-corrected chi connectivity index (χ1v) is 11.3. The molecule has 0 spiro atoms. The summed E-state index contributed by atoms with van der Waals surface area (Å²) in [7, 11) is 0. The van der Waals surface area contributed by atoms with Gasteiger partial charge in [-0.2, -0.15) is 5.26 Å². The standard InChI is InChI=1S/C24H16BrCl3N2O2/c1-14-4-2-3-5-22(14)30-24(31)17(12-29)8-15-9-19(25)23(21(28)10-15)32-13-16-6-7-18(26)11-20(16)27/h2-11H,13H2,1H3,(H,30,31)/b17-8-. The first kappa shape index (κ1) is 24.2. The molecule has 0 unspecified atom stereocenters. The number of aryl methyl sites for hydroxylation is 1. The highest BCUT2D eigenvalue weighted by Crippen LogP contribution is 2.36. The topological polar surface area (TPSA) is 62.1 Å². The average Bonchev–Trinajstić information content (AvgIpc) is 2.74. The van der Waals surface area contributed by atoms with Gasteiger partial charge in [-0.25, -0.2) is 0 Å². The van der Waals surface area contributed by atoms with E-state index in [1.807, 2.05) is 31.2 Å². The van der Waals surface area contributed by atoms with Gasteiger partial charge in [-0.05, 0) is 70.4 Å². The third-order valence-corrected chi connectivity index (χ3v) is 5.93. The Morgan fingerprint density at radius 2 is 1.88 bits per heavy atom. The van der Waals surface area contributed by atoms with Crippen molar-refractivity contribution in [1.29, 1.82) is 5.26 Å². The predicted molar refractivity (Wildman–Crippen MR) is 133 cm³/mol. The summed E-state index contributed by atoms with van der Waals surface area (Å²) in [6.45, 7) is 2.06. The van der Waals surface area contributed by atoms with Gasteiger partial charge in [-0.1, -0.05) is 59.1 Å². The number of anilines is 1. The smallest absolute Gasteiger partial charge is 0.266 e. The highest BCUT2D eigenvalue weighted by molar-refractivity contribution is 9.10. The molecule has 3 aromatic carbocycles. The molecule has 1 N–H and O–H groups in total. The molecule has 0 atom stereocenters. The van der Waals surface area contributed by atoms with Gasteiger partial charge in [-0.3, -0.25) is 4.79 Å². The van der Waals surface area contributed by atoms with Crippen LogP contribution in [0.3, 0.4) is 0 Å². The molecule has 0 aromatic heterocycles. The molecule has 32 heavy (non-hydrogen) atoms. The van der Waals surface area contributed by atoms with E-state index < -0.39 is 5.91 Å². The Kier molecular flexibility index (Phi) is 8.22. The zero-order chi connectivity index (χ0) is 23.3. The molecule has 0 saturated heterocycles. The van der Waals surface area contributed by atoms with E-state index in [1.54, 1.807) is 36.4 Å². The van der Waals surface area contributed by atoms with E-state index in [4.69, 9.17) is 39.5 Å². The van der Waals surface area contributed by atoms with Gasteiger partial charge in [0.05, 0.1) is 9.50 Å². The van der Waals surface area contributed by atoms with Crippen LogP contribution in [0.5, 0.6) is 5.75 Å². The lowest BCUT2D eigenvalue weighted by Gasteiger charge is -2.12. The molecule has 8 heteroatoms. The molecule has 0 aliphatic rings. The summed E-state index contributed by atoms with van der Waals surface area (Å²) in [5.74, 6) is -0.0931. The molecular formula is C24H16BrCl3N2O2. The number of halogens is 4. The SMILES string of the molecule is Cc1ccccc1NC(=O)/C(C#N)=C\c1cc(Cl)c(OCc2ccc(Cl)cc2Cl)c(Br)c1. The number of carbonyl (C=O) groups excluding carboxylic acids is 1. The zero-order valence-corrected chi connectivity index (χ0v) is 20.6. The van der Waals surface area contributed by atoms with E-state index in [2.05, 4.69) is 21.2 Å². The lowest BCUT2D eigenvalue weighted by atomic mass is 10.1. The number of hydrogen-bond donors (Lipinski definition) is 1. The number of amides is 1.